The number of aliphatic hydroxyl groups excluding tert-OH is 1. The summed E-state index contributed by atoms with van der Waals surface area (Å²) in [6, 6.07) is 0. The van der Waals surface area contributed by atoms with E-state index >= 15 is 0 Å². The van der Waals surface area contributed by atoms with Crippen LogP contribution in [0.15, 0.2) is 6.33 Å². The molecule has 1 aromatic heterocycles. The highest BCUT2D eigenvalue weighted by Crippen LogP contribution is 2.37. The standard InChI is InChI=1S/C16H27N3O/c1-4-5-6-16(11-20)7-9-19(10-8-16)15-13(2)14(3)17-12-18-15/h12,20H,4-11H2,1-3H3. The number of piperidine rings is 1. The van der Waals surface area contributed by atoms with E-state index in [1.54, 1.807) is 6.33 Å². The van der Waals surface area contributed by atoms with Crippen LogP contribution in [-0.4, -0.2) is 34.8 Å². The lowest BCUT2D eigenvalue weighted by Gasteiger charge is -2.41. The number of rotatable bonds is 5. The van der Waals surface area contributed by atoms with Gasteiger partial charge >= 0.3 is 0 Å². The fourth-order valence-electron chi connectivity index (χ4n) is 3.08. The van der Waals surface area contributed by atoms with Crippen molar-refractivity contribution in [2.75, 3.05) is 24.6 Å². The van der Waals surface area contributed by atoms with Crippen molar-refractivity contribution in [3.63, 3.8) is 0 Å². The third-order valence-corrected chi connectivity index (χ3v) is 4.83. The number of hydrogen-bond donors (Lipinski definition) is 1. The van der Waals surface area contributed by atoms with Crippen molar-refractivity contribution in [1.29, 1.82) is 0 Å². The smallest absolute Gasteiger partial charge is 0.135 e. The van der Waals surface area contributed by atoms with Crippen molar-refractivity contribution in [2.45, 2.75) is 52.9 Å². The van der Waals surface area contributed by atoms with Gasteiger partial charge in [0.05, 0.1) is 0 Å². The van der Waals surface area contributed by atoms with E-state index < -0.39 is 0 Å². The number of hydrogen-bond acceptors (Lipinski definition) is 4. The van der Waals surface area contributed by atoms with Gasteiger partial charge in [-0.15, -0.1) is 0 Å². The van der Waals surface area contributed by atoms with E-state index in [2.05, 4.69) is 28.7 Å². The molecule has 1 N–H and O–H groups in total. The minimum Gasteiger partial charge on any atom is -0.396 e. The Bertz CT molecular complexity index is 439. The van der Waals surface area contributed by atoms with E-state index in [0.717, 1.165) is 43.9 Å². The average molecular weight is 277 g/mol. The van der Waals surface area contributed by atoms with Crippen molar-refractivity contribution in [3.8, 4) is 0 Å². The van der Waals surface area contributed by atoms with Gasteiger partial charge in [0, 0.05) is 31.0 Å². The lowest BCUT2D eigenvalue weighted by Crippen LogP contribution is -2.42. The van der Waals surface area contributed by atoms with E-state index in [1.807, 2.05) is 6.92 Å². The van der Waals surface area contributed by atoms with Crippen LogP contribution in [0.2, 0.25) is 0 Å². The highest BCUT2D eigenvalue weighted by atomic mass is 16.3. The number of aromatic nitrogens is 2. The van der Waals surface area contributed by atoms with E-state index in [1.165, 1.54) is 18.4 Å². The molecule has 112 valence electrons. The predicted octanol–water partition coefficient (Wildman–Crippen LogP) is 2.86. The van der Waals surface area contributed by atoms with Gasteiger partial charge in [0.15, 0.2) is 0 Å². The van der Waals surface area contributed by atoms with Gasteiger partial charge in [-0.2, -0.15) is 0 Å². The normalized spacial score (nSPS) is 18.3. The molecule has 1 fully saturated rings. The van der Waals surface area contributed by atoms with Gasteiger partial charge < -0.3 is 10.0 Å². The summed E-state index contributed by atoms with van der Waals surface area (Å²) >= 11 is 0. The van der Waals surface area contributed by atoms with Crippen LogP contribution in [0.4, 0.5) is 5.82 Å². The molecule has 0 atom stereocenters. The quantitative estimate of drug-likeness (QED) is 0.899. The topological polar surface area (TPSA) is 49.2 Å². The first-order chi connectivity index (χ1) is 9.62. The maximum absolute atomic E-state index is 9.78. The molecule has 2 rings (SSSR count). The summed E-state index contributed by atoms with van der Waals surface area (Å²) in [6.07, 6.45) is 7.35. The van der Waals surface area contributed by atoms with E-state index in [9.17, 15) is 5.11 Å². The number of nitrogens with zero attached hydrogens (tertiary/aromatic N) is 3. The molecule has 4 heteroatoms. The molecule has 0 unspecified atom stereocenters. The molecule has 20 heavy (non-hydrogen) atoms. The Labute approximate surface area is 122 Å². The van der Waals surface area contributed by atoms with Crippen LogP contribution in [0.3, 0.4) is 0 Å². The van der Waals surface area contributed by atoms with E-state index in [4.69, 9.17) is 0 Å². The number of unbranched alkanes of at least 4 members (excludes halogenated alkanes) is 1. The van der Waals surface area contributed by atoms with E-state index in [-0.39, 0.29) is 5.41 Å². The Morgan fingerprint density at radius 2 is 1.95 bits per heavy atom. The van der Waals surface area contributed by atoms with Crippen LogP contribution >= 0.6 is 0 Å². The summed E-state index contributed by atoms with van der Waals surface area (Å²) in [4.78, 5) is 11.0. The Morgan fingerprint density at radius 3 is 2.55 bits per heavy atom. The van der Waals surface area contributed by atoms with Gasteiger partial charge in [-0.3, -0.25) is 0 Å². The monoisotopic (exact) mass is 277 g/mol. The summed E-state index contributed by atoms with van der Waals surface area (Å²) in [5.74, 6) is 1.07. The molecule has 2 heterocycles. The molecular weight excluding hydrogens is 250 g/mol. The third kappa shape index (κ3) is 3.11. The lowest BCUT2D eigenvalue weighted by molar-refractivity contribution is 0.0845. The van der Waals surface area contributed by atoms with Crippen LogP contribution in [0, 0.1) is 19.3 Å². The molecule has 0 aliphatic carbocycles. The van der Waals surface area contributed by atoms with Crippen molar-refractivity contribution in [3.05, 3.63) is 17.6 Å². The number of anilines is 1. The Balaban J connectivity index is 2.05. The van der Waals surface area contributed by atoms with Crippen LogP contribution in [0.25, 0.3) is 0 Å². The summed E-state index contributed by atoms with van der Waals surface area (Å²) < 4.78 is 0. The molecule has 1 saturated heterocycles. The molecule has 0 radical (unpaired) electrons. The second-order valence-corrected chi connectivity index (χ2v) is 6.16. The predicted molar refractivity (Wildman–Crippen MR) is 82.0 cm³/mol. The molecule has 0 amide bonds. The summed E-state index contributed by atoms with van der Waals surface area (Å²) in [5, 5.41) is 9.78. The first-order valence-corrected chi connectivity index (χ1v) is 7.76. The van der Waals surface area contributed by atoms with Crippen LogP contribution in [-0.2, 0) is 0 Å². The minimum absolute atomic E-state index is 0.141. The van der Waals surface area contributed by atoms with Crippen molar-refractivity contribution in [1.82, 2.24) is 9.97 Å². The maximum atomic E-state index is 9.78. The molecule has 1 aliphatic heterocycles. The molecule has 0 aromatic carbocycles. The summed E-state index contributed by atoms with van der Waals surface area (Å²) in [6.45, 7) is 8.64. The zero-order valence-electron chi connectivity index (χ0n) is 13.0. The van der Waals surface area contributed by atoms with Gasteiger partial charge in [-0.25, -0.2) is 9.97 Å². The van der Waals surface area contributed by atoms with Gasteiger partial charge in [0.25, 0.3) is 0 Å². The maximum Gasteiger partial charge on any atom is 0.135 e. The number of aryl methyl sites for hydroxylation is 1. The van der Waals surface area contributed by atoms with Gasteiger partial charge in [-0.1, -0.05) is 19.8 Å². The van der Waals surface area contributed by atoms with Gasteiger partial charge in [0.1, 0.15) is 12.1 Å². The summed E-state index contributed by atoms with van der Waals surface area (Å²) in [7, 11) is 0. The molecule has 0 bridgehead atoms. The van der Waals surface area contributed by atoms with E-state index in [0.29, 0.717) is 6.61 Å². The highest BCUT2D eigenvalue weighted by molar-refractivity contribution is 5.47. The van der Waals surface area contributed by atoms with Crippen molar-refractivity contribution < 1.29 is 5.11 Å². The Morgan fingerprint density at radius 1 is 1.25 bits per heavy atom. The SMILES string of the molecule is CCCCC1(CO)CCN(c2ncnc(C)c2C)CC1. The molecule has 4 nitrogen and oxygen atoms in total. The highest BCUT2D eigenvalue weighted by Gasteiger charge is 2.34. The second-order valence-electron chi connectivity index (χ2n) is 6.16. The lowest BCUT2D eigenvalue weighted by atomic mass is 9.75. The Kier molecular flexibility index (Phi) is 4.97. The van der Waals surface area contributed by atoms with Crippen LogP contribution in [0.1, 0.15) is 50.3 Å². The fourth-order valence-corrected chi connectivity index (χ4v) is 3.08. The van der Waals surface area contributed by atoms with Crippen molar-refractivity contribution >= 4 is 5.82 Å². The van der Waals surface area contributed by atoms with Crippen LogP contribution < -0.4 is 4.90 Å². The van der Waals surface area contributed by atoms with Crippen LogP contribution in [0.5, 0.6) is 0 Å². The first kappa shape index (κ1) is 15.2. The first-order valence-electron chi connectivity index (χ1n) is 7.76. The second kappa shape index (κ2) is 6.53. The zero-order valence-corrected chi connectivity index (χ0v) is 13.0. The van der Waals surface area contributed by atoms with Gasteiger partial charge in [-0.05, 0) is 38.5 Å². The number of aliphatic hydroxyl groups is 1. The van der Waals surface area contributed by atoms with Gasteiger partial charge in [0.2, 0.25) is 0 Å². The summed E-state index contributed by atoms with van der Waals surface area (Å²) in [5.41, 5.74) is 2.38. The largest absolute Gasteiger partial charge is 0.396 e. The van der Waals surface area contributed by atoms with Crippen molar-refractivity contribution in [2.24, 2.45) is 5.41 Å². The molecule has 1 aliphatic rings. The molecule has 1 aromatic rings. The Hall–Kier alpha value is -1.16. The molecule has 0 saturated carbocycles. The molecule has 0 spiro atoms. The minimum atomic E-state index is 0.141. The third-order valence-electron chi connectivity index (χ3n) is 4.83. The average Bonchev–Trinajstić information content (AvgIpc) is 2.49. The zero-order chi connectivity index (χ0) is 14.6. The fraction of sp³-hybridized carbons (Fsp3) is 0.750. The molecular formula is C16H27N3O.